The van der Waals surface area contributed by atoms with Crippen molar-refractivity contribution in [1.29, 1.82) is 0 Å². The summed E-state index contributed by atoms with van der Waals surface area (Å²) >= 11 is 5.44. The van der Waals surface area contributed by atoms with E-state index in [0.29, 0.717) is 0 Å². The summed E-state index contributed by atoms with van der Waals surface area (Å²) in [6.45, 7) is 4.50. The number of hydrogen-bond donors (Lipinski definition) is 1. The van der Waals surface area contributed by atoms with Crippen molar-refractivity contribution in [2.75, 3.05) is 25.1 Å². The van der Waals surface area contributed by atoms with Gasteiger partial charge in [-0.2, -0.15) is 11.8 Å². The Morgan fingerprint density at radius 3 is 2.61 bits per heavy atom. The SMILES string of the molecule is CCCNCC(CCSC)Cc1ccc(Br)cc1. The summed E-state index contributed by atoms with van der Waals surface area (Å²) in [6, 6.07) is 8.74. The minimum atomic E-state index is 0.755. The molecule has 0 bridgehead atoms. The molecule has 0 aliphatic heterocycles. The third kappa shape index (κ3) is 6.81. The molecule has 1 unspecified atom stereocenters. The predicted octanol–water partition coefficient (Wildman–Crippen LogP) is 4.36. The Hall–Kier alpha value is 0.01000. The average molecular weight is 330 g/mol. The maximum Gasteiger partial charge on any atom is 0.0175 e. The third-order valence-corrected chi connectivity index (χ3v) is 4.20. The molecular weight excluding hydrogens is 306 g/mol. The Morgan fingerprint density at radius 2 is 2.00 bits per heavy atom. The summed E-state index contributed by atoms with van der Waals surface area (Å²) in [4.78, 5) is 0. The van der Waals surface area contributed by atoms with Crippen LogP contribution in [0.2, 0.25) is 0 Å². The van der Waals surface area contributed by atoms with Crippen molar-refractivity contribution in [2.45, 2.75) is 26.2 Å². The van der Waals surface area contributed by atoms with Crippen molar-refractivity contribution in [3.63, 3.8) is 0 Å². The number of halogens is 1. The van der Waals surface area contributed by atoms with Gasteiger partial charge in [-0.05, 0) is 68.0 Å². The van der Waals surface area contributed by atoms with Crippen LogP contribution in [0.5, 0.6) is 0 Å². The van der Waals surface area contributed by atoms with Crippen LogP contribution >= 0.6 is 27.7 Å². The minimum absolute atomic E-state index is 0.755. The number of nitrogens with one attached hydrogen (secondary N) is 1. The predicted molar refractivity (Wildman–Crippen MR) is 87.5 cm³/mol. The molecule has 1 aromatic rings. The summed E-state index contributed by atoms with van der Waals surface area (Å²) in [5.41, 5.74) is 1.45. The van der Waals surface area contributed by atoms with Crippen LogP contribution in [0, 0.1) is 5.92 Å². The molecule has 0 saturated heterocycles. The van der Waals surface area contributed by atoms with Gasteiger partial charge >= 0.3 is 0 Å². The van der Waals surface area contributed by atoms with E-state index in [2.05, 4.69) is 58.7 Å². The van der Waals surface area contributed by atoms with Crippen LogP contribution in [-0.2, 0) is 6.42 Å². The maximum absolute atomic E-state index is 3.56. The monoisotopic (exact) mass is 329 g/mol. The maximum atomic E-state index is 3.56. The highest BCUT2D eigenvalue weighted by Gasteiger charge is 2.09. The standard InChI is InChI=1S/C15H24BrNS/c1-3-9-17-12-14(8-10-18-2)11-13-4-6-15(16)7-5-13/h4-7,14,17H,3,8-12H2,1-2H3. The Bertz CT molecular complexity index is 313. The molecule has 1 atom stereocenters. The molecule has 18 heavy (non-hydrogen) atoms. The molecule has 0 fully saturated rings. The highest BCUT2D eigenvalue weighted by Crippen LogP contribution is 2.17. The highest BCUT2D eigenvalue weighted by molar-refractivity contribution is 9.10. The smallest absolute Gasteiger partial charge is 0.0175 e. The fraction of sp³-hybridized carbons (Fsp3) is 0.600. The van der Waals surface area contributed by atoms with Crippen LogP contribution in [-0.4, -0.2) is 25.1 Å². The molecular formula is C15H24BrNS. The van der Waals surface area contributed by atoms with E-state index in [-0.39, 0.29) is 0 Å². The van der Waals surface area contributed by atoms with Crippen LogP contribution in [0.4, 0.5) is 0 Å². The molecule has 1 N–H and O–H groups in total. The van der Waals surface area contributed by atoms with E-state index in [0.717, 1.165) is 23.5 Å². The van der Waals surface area contributed by atoms with Crippen molar-refractivity contribution >= 4 is 27.7 Å². The van der Waals surface area contributed by atoms with E-state index in [9.17, 15) is 0 Å². The largest absolute Gasteiger partial charge is 0.316 e. The second-order valence-electron chi connectivity index (χ2n) is 4.68. The summed E-state index contributed by atoms with van der Waals surface area (Å²) in [5, 5.41) is 3.56. The number of hydrogen-bond acceptors (Lipinski definition) is 2. The van der Waals surface area contributed by atoms with E-state index in [4.69, 9.17) is 0 Å². The molecule has 0 aromatic heterocycles. The number of thioether (sulfide) groups is 1. The average Bonchev–Trinajstić information content (AvgIpc) is 2.38. The second-order valence-corrected chi connectivity index (χ2v) is 6.58. The summed E-state index contributed by atoms with van der Waals surface area (Å²) in [7, 11) is 0. The van der Waals surface area contributed by atoms with Crippen LogP contribution < -0.4 is 5.32 Å². The van der Waals surface area contributed by atoms with Gasteiger partial charge in [0.05, 0.1) is 0 Å². The van der Waals surface area contributed by atoms with Crippen molar-refractivity contribution < 1.29 is 0 Å². The van der Waals surface area contributed by atoms with Crippen molar-refractivity contribution in [3.8, 4) is 0 Å². The first-order valence-corrected chi connectivity index (χ1v) is 8.89. The van der Waals surface area contributed by atoms with Crippen LogP contribution in [0.3, 0.4) is 0 Å². The topological polar surface area (TPSA) is 12.0 Å². The molecule has 0 aliphatic rings. The molecule has 1 nitrogen and oxygen atoms in total. The molecule has 0 aliphatic carbocycles. The van der Waals surface area contributed by atoms with Gasteiger partial charge in [0, 0.05) is 4.47 Å². The molecule has 1 rings (SSSR count). The number of benzene rings is 1. The van der Waals surface area contributed by atoms with Gasteiger partial charge in [-0.15, -0.1) is 0 Å². The molecule has 0 heterocycles. The van der Waals surface area contributed by atoms with Gasteiger partial charge in [0.15, 0.2) is 0 Å². The van der Waals surface area contributed by atoms with E-state index in [1.54, 1.807) is 0 Å². The zero-order chi connectivity index (χ0) is 13.2. The van der Waals surface area contributed by atoms with Gasteiger partial charge < -0.3 is 5.32 Å². The number of rotatable bonds is 9. The lowest BCUT2D eigenvalue weighted by Gasteiger charge is -2.17. The van der Waals surface area contributed by atoms with E-state index in [1.807, 2.05) is 11.8 Å². The van der Waals surface area contributed by atoms with Crippen LogP contribution in [0.1, 0.15) is 25.3 Å². The minimum Gasteiger partial charge on any atom is -0.316 e. The first kappa shape index (κ1) is 16.1. The molecule has 0 saturated carbocycles. The molecule has 1 aromatic carbocycles. The Balaban J connectivity index is 2.45. The van der Waals surface area contributed by atoms with Gasteiger partial charge in [-0.3, -0.25) is 0 Å². The first-order chi connectivity index (χ1) is 8.76. The molecule has 0 radical (unpaired) electrons. The summed E-state index contributed by atoms with van der Waals surface area (Å²) < 4.78 is 1.16. The molecule has 3 heteroatoms. The Kier molecular flexibility index (Phi) is 8.82. The van der Waals surface area contributed by atoms with E-state index in [1.165, 1.54) is 30.6 Å². The van der Waals surface area contributed by atoms with Crippen LogP contribution in [0.25, 0.3) is 0 Å². The molecule has 0 amide bonds. The van der Waals surface area contributed by atoms with Crippen molar-refractivity contribution in [1.82, 2.24) is 5.32 Å². The van der Waals surface area contributed by atoms with Gasteiger partial charge in [-0.25, -0.2) is 0 Å². The van der Waals surface area contributed by atoms with Gasteiger partial charge in [0.1, 0.15) is 0 Å². The Labute approximate surface area is 124 Å². The lowest BCUT2D eigenvalue weighted by Crippen LogP contribution is -2.25. The van der Waals surface area contributed by atoms with Crippen LogP contribution in [0.15, 0.2) is 28.7 Å². The fourth-order valence-electron chi connectivity index (χ4n) is 2.00. The van der Waals surface area contributed by atoms with E-state index >= 15 is 0 Å². The van der Waals surface area contributed by atoms with Crippen molar-refractivity contribution in [3.05, 3.63) is 34.3 Å². The normalized spacial score (nSPS) is 12.6. The summed E-state index contributed by atoms with van der Waals surface area (Å²) in [5.74, 6) is 2.01. The van der Waals surface area contributed by atoms with Crippen molar-refractivity contribution in [2.24, 2.45) is 5.92 Å². The molecule has 0 spiro atoms. The highest BCUT2D eigenvalue weighted by atomic mass is 79.9. The zero-order valence-corrected chi connectivity index (χ0v) is 13.8. The molecule has 102 valence electrons. The van der Waals surface area contributed by atoms with Gasteiger partial charge in [-0.1, -0.05) is 35.0 Å². The van der Waals surface area contributed by atoms with Gasteiger partial charge in [0.2, 0.25) is 0 Å². The quantitative estimate of drug-likeness (QED) is 0.675. The van der Waals surface area contributed by atoms with E-state index < -0.39 is 0 Å². The summed E-state index contributed by atoms with van der Waals surface area (Å²) in [6.07, 6.45) is 5.89. The lowest BCUT2D eigenvalue weighted by molar-refractivity contribution is 0.463. The fourth-order valence-corrected chi connectivity index (χ4v) is 2.83. The Morgan fingerprint density at radius 1 is 1.28 bits per heavy atom. The van der Waals surface area contributed by atoms with Gasteiger partial charge in [0.25, 0.3) is 0 Å². The zero-order valence-electron chi connectivity index (χ0n) is 11.4. The lowest BCUT2D eigenvalue weighted by atomic mass is 9.97. The second kappa shape index (κ2) is 9.88. The first-order valence-electron chi connectivity index (χ1n) is 6.70. The third-order valence-electron chi connectivity index (χ3n) is 3.03.